The molecule has 0 amide bonds. The summed E-state index contributed by atoms with van der Waals surface area (Å²) in [7, 11) is 0. The Morgan fingerprint density at radius 3 is 2.85 bits per heavy atom. The molecule has 2 atom stereocenters. The molecule has 2 heterocycles. The highest BCUT2D eigenvalue weighted by atomic mass is 35.5. The molecule has 1 aromatic heterocycles. The van der Waals surface area contributed by atoms with Crippen LogP contribution in [0.5, 0.6) is 0 Å². The summed E-state index contributed by atoms with van der Waals surface area (Å²) < 4.78 is 35.4. The van der Waals surface area contributed by atoms with Gasteiger partial charge in [0.2, 0.25) is 5.16 Å². The molecule has 4 rings (SSSR count). The van der Waals surface area contributed by atoms with Crippen molar-refractivity contribution in [2.45, 2.75) is 23.4 Å². The van der Waals surface area contributed by atoms with Crippen LogP contribution in [0.2, 0.25) is 5.02 Å². The van der Waals surface area contributed by atoms with Crippen molar-refractivity contribution in [1.82, 2.24) is 14.8 Å². The van der Waals surface area contributed by atoms with Gasteiger partial charge in [-0.1, -0.05) is 35.9 Å². The number of nitriles is 1. The van der Waals surface area contributed by atoms with Gasteiger partial charge in [0.05, 0.1) is 6.54 Å². The Kier molecular flexibility index (Phi) is 4.60. The van der Waals surface area contributed by atoms with Gasteiger partial charge in [0, 0.05) is 34.0 Å². The Balaban J connectivity index is 1.79. The van der Waals surface area contributed by atoms with E-state index in [1.807, 2.05) is 5.40 Å². The number of thioether (sulfide) groups is 1. The molecule has 0 N–H and O–H groups in total. The zero-order valence-corrected chi connectivity index (χ0v) is 15.2. The molecule has 1 aliphatic heterocycles. The number of benzene rings is 2. The number of hydrogen-bond donors (Lipinski definition) is 0. The molecule has 3 aromatic rings. The van der Waals surface area contributed by atoms with Crippen LogP contribution in [0.3, 0.4) is 0 Å². The largest absolute Gasteiger partial charge is 0.354 e. The minimum Gasteiger partial charge on any atom is -0.354 e. The van der Waals surface area contributed by atoms with Crippen molar-refractivity contribution >= 4 is 23.4 Å². The van der Waals surface area contributed by atoms with E-state index in [1.165, 1.54) is 23.1 Å². The van der Waals surface area contributed by atoms with Gasteiger partial charge in [0.1, 0.15) is 35.1 Å². The Labute approximate surface area is 162 Å². The van der Waals surface area contributed by atoms with Crippen LogP contribution in [0.15, 0.2) is 53.9 Å². The summed E-state index contributed by atoms with van der Waals surface area (Å²) in [6.45, 7) is 0.0927. The number of epoxide rings is 1. The molecule has 0 spiro atoms. The average molecular weight is 405 g/mol. The van der Waals surface area contributed by atoms with Crippen LogP contribution < -0.4 is 0 Å². The van der Waals surface area contributed by atoms with E-state index < -0.39 is 23.3 Å². The van der Waals surface area contributed by atoms with E-state index in [1.54, 1.807) is 24.3 Å². The summed E-state index contributed by atoms with van der Waals surface area (Å²) in [5.41, 5.74) is -0.254. The standard InChI is InChI=1S/C18H11ClF2N4OS/c19-14-4-2-1-3-12(14)16-18(26-16,13-6-5-11(20)7-15(13)21)8-25-17(27-9-22)23-10-24-25/h1-7,10,16H,8H2. The fourth-order valence-electron chi connectivity index (χ4n) is 3.13. The fraction of sp³-hybridized carbons (Fsp3) is 0.167. The summed E-state index contributed by atoms with van der Waals surface area (Å²) in [6, 6.07) is 10.5. The Morgan fingerprint density at radius 2 is 2.11 bits per heavy atom. The molecule has 136 valence electrons. The fourth-order valence-corrected chi connectivity index (χ4v) is 3.76. The summed E-state index contributed by atoms with van der Waals surface area (Å²) >= 11 is 7.12. The van der Waals surface area contributed by atoms with Gasteiger partial charge >= 0.3 is 0 Å². The van der Waals surface area contributed by atoms with Crippen LogP contribution in [-0.2, 0) is 16.9 Å². The summed E-state index contributed by atoms with van der Waals surface area (Å²) in [6.07, 6.45) is 0.761. The average Bonchev–Trinajstić information content (AvgIpc) is 3.18. The number of aromatic nitrogens is 3. The van der Waals surface area contributed by atoms with Crippen molar-refractivity contribution in [3.8, 4) is 5.40 Å². The highest BCUT2D eigenvalue weighted by Crippen LogP contribution is 2.59. The normalized spacial score (nSPS) is 21.0. The van der Waals surface area contributed by atoms with Crippen LogP contribution in [0.1, 0.15) is 17.2 Å². The van der Waals surface area contributed by atoms with Crippen molar-refractivity contribution in [3.05, 3.63) is 76.6 Å². The SMILES string of the molecule is N#CSc1ncnn1CC1(c2ccc(F)cc2F)OC1c1ccccc1Cl. The summed E-state index contributed by atoms with van der Waals surface area (Å²) in [5.74, 6) is -1.40. The van der Waals surface area contributed by atoms with E-state index in [2.05, 4.69) is 10.1 Å². The molecule has 5 nitrogen and oxygen atoms in total. The highest BCUT2D eigenvalue weighted by molar-refractivity contribution is 8.03. The molecular weight excluding hydrogens is 394 g/mol. The number of nitrogens with zero attached hydrogens (tertiary/aromatic N) is 4. The molecule has 1 aliphatic rings. The molecule has 1 fully saturated rings. The third-order valence-electron chi connectivity index (χ3n) is 4.37. The molecule has 2 unspecified atom stereocenters. The molecule has 0 radical (unpaired) electrons. The van der Waals surface area contributed by atoms with Gasteiger partial charge in [-0.15, -0.1) is 0 Å². The number of thiocyanates is 1. The summed E-state index contributed by atoms with van der Waals surface area (Å²) in [5, 5.41) is 15.8. The second-order valence-corrected chi connectivity index (χ2v) is 7.09. The van der Waals surface area contributed by atoms with Gasteiger partial charge in [-0.05, 0) is 12.1 Å². The predicted molar refractivity (Wildman–Crippen MR) is 94.8 cm³/mol. The molecule has 1 saturated heterocycles. The maximum absolute atomic E-state index is 14.6. The van der Waals surface area contributed by atoms with Crippen LogP contribution in [0, 0.1) is 22.3 Å². The van der Waals surface area contributed by atoms with Crippen LogP contribution in [0.25, 0.3) is 0 Å². The van der Waals surface area contributed by atoms with Crippen molar-refractivity contribution in [2.75, 3.05) is 0 Å². The van der Waals surface area contributed by atoms with Gasteiger partial charge in [-0.25, -0.2) is 18.4 Å². The van der Waals surface area contributed by atoms with Gasteiger partial charge in [0.15, 0.2) is 0 Å². The predicted octanol–water partition coefficient (Wildman–Crippen LogP) is 4.45. The van der Waals surface area contributed by atoms with E-state index in [4.69, 9.17) is 21.6 Å². The van der Waals surface area contributed by atoms with Crippen LogP contribution in [0.4, 0.5) is 8.78 Å². The topological polar surface area (TPSA) is 67.0 Å². The zero-order valence-electron chi connectivity index (χ0n) is 13.6. The number of ether oxygens (including phenoxy) is 1. The molecule has 27 heavy (non-hydrogen) atoms. The van der Waals surface area contributed by atoms with Gasteiger partial charge in [-0.2, -0.15) is 10.4 Å². The van der Waals surface area contributed by atoms with Crippen molar-refractivity contribution in [1.29, 1.82) is 5.26 Å². The second kappa shape index (κ2) is 6.93. The molecule has 9 heteroatoms. The van der Waals surface area contributed by atoms with Gasteiger partial charge in [0.25, 0.3) is 0 Å². The summed E-state index contributed by atoms with van der Waals surface area (Å²) in [4.78, 5) is 4.02. The van der Waals surface area contributed by atoms with Gasteiger partial charge in [-0.3, -0.25) is 0 Å². The first-order valence-corrected chi connectivity index (χ1v) is 9.06. The van der Waals surface area contributed by atoms with Crippen LogP contribution >= 0.6 is 23.4 Å². The quantitative estimate of drug-likeness (QED) is 0.357. The van der Waals surface area contributed by atoms with E-state index >= 15 is 0 Å². The van der Waals surface area contributed by atoms with Crippen molar-refractivity contribution in [2.24, 2.45) is 0 Å². The second-order valence-electron chi connectivity index (χ2n) is 5.93. The lowest BCUT2D eigenvalue weighted by molar-refractivity contribution is 0.250. The smallest absolute Gasteiger partial charge is 0.200 e. The number of rotatable bonds is 5. The van der Waals surface area contributed by atoms with E-state index in [0.717, 1.165) is 17.8 Å². The first-order chi connectivity index (χ1) is 13.0. The highest BCUT2D eigenvalue weighted by Gasteiger charge is 2.61. The lowest BCUT2D eigenvalue weighted by Gasteiger charge is -2.16. The lowest BCUT2D eigenvalue weighted by atomic mass is 9.91. The molecule has 2 aromatic carbocycles. The minimum absolute atomic E-state index is 0.0927. The molecule has 0 saturated carbocycles. The lowest BCUT2D eigenvalue weighted by Crippen LogP contribution is -2.22. The van der Waals surface area contributed by atoms with E-state index in [-0.39, 0.29) is 12.1 Å². The third kappa shape index (κ3) is 3.18. The first kappa shape index (κ1) is 17.9. The van der Waals surface area contributed by atoms with E-state index in [0.29, 0.717) is 15.7 Å². The van der Waals surface area contributed by atoms with E-state index in [9.17, 15) is 8.78 Å². The number of halogens is 3. The minimum atomic E-state index is -1.14. The Hall–Kier alpha value is -2.47. The maximum Gasteiger partial charge on any atom is 0.200 e. The van der Waals surface area contributed by atoms with Crippen molar-refractivity contribution < 1.29 is 13.5 Å². The van der Waals surface area contributed by atoms with Crippen LogP contribution in [-0.4, -0.2) is 14.8 Å². The number of hydrogen-bond acceptors (Lipinski definition) is 5. The van der Waals surface area contributed by atoms with Gasteiger partial charge < -0.3 is 4.74 Å². The molecular formula is C18H11ClF2N4OS. The Morgan fingerprint density at radius 1 is 1.30 bits per heavy atom. The molecule has 0 bridgehead atoms. The zero-order chi connectivity index (χ0) is 19.0. The maximum atomic E-state index is 14.6. The first-order valence-electron chi connectivity index (χ1n) is 7.86. The third-order valence-corrected chi connectivity index (χ3v) is 5.31. The molecule has 0 aliphatic carbocycles. The monoisotopic (exact) mass is 404 g/mol. The van der Waals surface area contributed by atoms with Crippen molar-refractivity contribution in [3.63, 3.8) is 0 Å². The Bertz CT molecular complexity index is 1050.